The molecule has 5 N–H and O–H groups in total. The molecule has 6 aliphatic rings. The molecule has 4 aliphatic carbocycles. The van der Waals surface area contributed by atoms with Crippen LogP contribution in [0.5, 0.6) is 11.5 Å². The summed E-state index contributed by atoms with van der Waals surface area (Å²) in [6, 6.07) is 4.84. The first kappa shape index (κ1) is 52.6. The van der Waals surface area contributed by atoms with E-state index in [2.05, 4.69) is 36.4 Å². The first-order chi connectivity index (χ1) is 34.0. The Labute approximate surface area is 417 Å². The van der Waals surface area contributed by atoms with Crippen LogP contribution < -0.4 is 31.2 Å². The van der Waals surface area contributed by atoms with Gasteiger partial charge in [0.25, 0.3) is 0 Å². The lowest BCUT2D eigenvalue weighted by molar-refractivity contribution is -0.377. The standard InChI is InChI=1S/C48H67N6O15PS/c1-7-31-21-48(31,70(59,65-26-63-45(57)61-23-29-12-13-29)66-27-64-46(58)62-24-30-14-15-30)53-42(55)39-19-34(22-54(39)43(56)41(49)47(4,5)69-68-32-10-8-9-11-32)67-40-20-37(38-25-71-44(52-38)50-28(2)3)51-36-18-33(60-6)16-17-35(36)40/h7,16-18,20,25,28-32,34,39,41,44,50,52H,1,8-15,19,21-24,26-27,49H2,2-6H3,(H,53,55)/t31-,34?,39+,41-,44?,48+/m1/s1. The normalized spacial score (nSPS) is 24.8. The van der Waals surface area contributed by atoms with Crippen molar-refractivity contribution in [1.82, 2.24) is 25.8 Å². The zero-order chi connectivity index (χ0) is 50.5. The zero-order valence-electron chi connectivity index (χ0n) is 40.9. The molecule has 23 heteroatoms. The SMILES string of the molecule is C=C[C@@H]1C[C@]1(NC(=O)[C@@H]1CC(Oc2cc(C3=CSC(NC(C)C)N3)nc3cc(OC)ccc23)CN1C(=O)[C@@H](N)C(C)(C)OOC1CCCC1)P(=O)(OCOC(=O)OCC1CC1)OCOC(=O)OCC1CC1. The zero-order valence-corrected chi connectivity index (χ0v) is 42.6. The number of thioether (sulfide) groups is 1. The summed E-state index contributed by atoms with van der Waals surface area (Å²) in [6.45, 7) is 9.68. The fourth-order valence-corrected chi connectivity index (χ4v) is 11.7. The minimum atomic E-state index is -4.68. The second-order valence-corrected chi connectivity index (χ2v) is 23.1. The molecule has 2 aromatic rings. The molecule has 390 valence electrons. The van der Waals surface area contributed by atoms with E-state index in [0.717, 1.165) is 57.1 Å². The van der Waals surface area contributed by atoms with E-state index in [1.165, 1.54) is 11.0 Å². The van der Waals surface area contributed by atoms with Crippen LogP contribution in [0, 0.1) is 17.8 Å². The first-order valence-electron chi connectivity index (χ1n) is 24.4. The topological polar surface area (TPSA) is 256 Å². The number of carbonyl (C=O) groups excluding carboxylic acids is 4. The van der Waals surface area contributed by atoms with Gasteiger partial charge in [0.2, 0.25) is 25.4 Å². The number of pyridine rings is 1. The number of hydrogen-bond acceptors (Lipinski definition) is 20. The van der Waals surface area contributed by atoms with Crippen LogP contribution in [0.15, 0.2) is 42.3 Å². The number of ether oxygens (including phenoxy) is 6. The fourth-order valence-electron chi connectivity index (χ4n) is 8.62. The number of rotatable bonds is 25. The van der Waals surface area contributed by atoms with Crippen molar-refractivity contribution in [3.63, 3.8) is 0 Å². The highest BCUT2D eigenvalue weighted by atomic mass is 32.2. The van der Waals surface area contributed by atoms with Gasteiger partial charge in [-0.25, -0.2) is 24.3 Å². The maximum Gasteiger partial charge on any atom is 0.510 e. The Bertz CT molecular complexity index is 2320. The summed E-state index contributed by atoms with van der Waals surface area (Å²) in [5.74, 6) is -0.607. The van der Waals surface area contributed by atoms with E-state index in [9.17, 15) is 14.4 Å². The van der Waals surface area contributed by atoms with Gasteiger partial charge in [0.05, 0.1) is 49.9 Å². The number of likely N-dealkylation sites (tertiary alicyclic amines) is 1. The molecule has 1 saturated heterocycles. The van der Waals surface area contributed by atoms with Crippen molar-refractivity contribution in [1.29, 1.82) is 0 Å². The lowest BCUT2D eigenvalue weighted by atomic mass is 9.98. The molecule has 5 fully saturated rings. The van der Waals surface area contributed by atoms with E-state index in [-0.39, 0.29) is 62.1 Å². The van der Waals surface area contributed by atoms with Gasteiger partial charge in [-0.15, -0.1) is 6.58 Å². The van der Waals surface area contributed by atoms with Crippen LogP contribution >= 0.6 is 19.4 Å². The van der Waals surface area contributed by atoms with Crippen LogP contribution in [0.25, 0.3) is 16.6 Å². The molecule has 1 aromatic carbocycles. The van der Waals surface area contributed by atoms with Gasteiger partial charge in [-0.1, -0.05) is 30.7 Å². The average molecular weight is 1030 g/mol. The molecule has 1 aromatic heterocycles. The molecular weight excluding hydrogens is 964 g/mol. The highest BCUT2D eigenvalue weighted by Crippen LogP contribution is 2.73. The second kappa shape index (κ2) is 22.6. The second-order valence-electron chi connectivity index (χ2n) is 19.8. The van der Waals surface area contributed by atoms with Gasteiger partial charge in [0, 0.05) is 35.9 Å². The van der Waals surface area contributed by atoms with Gasteiger partial charge >= 0.3 is 19.9 Å². The molecule has 8 rings (SSSR count). The lowest BCUT2D eigenvalue weighted by Crippen LogP contribution is -2.59. The number of amides is 2. The van der Waals surface area contributed by atoms with E-state index < -0.39 is 80.3 Å². The third-order valence-corrected chi connectivity index (χ3v) is 16.8. The van der Waals surface area contributed by atoms with E-state index >= 15 is 9.36 Å². The number of nitrogens with one attached hydrogen (secondary N) is 3. The number of hydrogen-bond donors (Lipinski definition) is 4. The van der Waals surface area contributed by atoms with Crippen LogP contribution in [-0.2, 0) is 51.9 Å². The fraction of sp³-hybridized carbons (Fsp3) is 0.646. The monoisotopic (exact) mass is 1030 g/mol. The molecule has 0 radical (unpaired) electrons. The van der Waals surface area contributed by atoms with Crippen LogP contribution in [0.3, 0.4) is 0 Å². The highest BCUT2D eigenvalue weighted by molar-refractivity contribution is 8.03. The van der Waals surface area contributed by atoms with E-state index in [1.54, 1.807) is 50.9 Å². The van der Waals surface area contributed by atoms with Crippen molar-refractivity contribution in [2.45, 2.75) is 139 Å². The number of fused-ring (bicyclic) bond motifs is 1. The molecule has 0 spiro atoms. The van der Waals surface area contributed by atoms with E-state index in [1.807, 2.05) is 11.5 Å². The minimum absolute atomic E-state index is 0.0117. The maximum absolute atomic E-state index is 15.1. The molecule has 21 nitrogen and oxygen atoms in total. The van der Waals surface area contributed by atoms with E-state index in [4.69, 9.17) is 58.0 Å². The summed E-state index contributed by atoms with van der Waals surface area (Å²) in [5, 5.41) is 10.6. The number of carbonyl (C=O) groups is 4. The quantitative estimate of drug-likeness (QED) is 0.0199. The third-order valence-electron chi connectivity index (χ3n) is 13.4. The molecule has 0 bridgehead atoms. The van der Waals surface area contributed by atoms with Crippen molar-refractivity contribution < 1.29 is 71.0 Å². The van der Waals surface area contributed by atoms with Gasteiger partial charge in [-0.2, -0.15) is 0 Å². The Hall–Kier alpha value is -4.67. The summed E-state index contributed by atoms with van der Waals surface area (Å²) in [6.07, 6.45) is 5.65. The van der Waals surface area contributed by atoms with Crippen molar-refractivity contribution in [3.05, 3.63) is 48.0 Å². The van der Waals surface area contributed by atoms with Crippen LogP contribution in [0.1, 0.15) is 97.6 Å². The number of aromatic nitrogens is 1. The highest BCUT2D eigenvalue weighted by Gasteiger charge is 2.69. The van der Waals surface area contributed by atoms with Crippen LogP contribution in [-0.4, -0.2) is 121 Å². The number of nitrogens with zero attached hydrogens (tertiary/aromatic N) is 2. The van der Waals surface area contributed by atoms with Crippen molar-refractivity contribution >= 4 is 60.1 Å². The largest absolute Gasteiger partial charge is 0.510 e. The summed E-state index contributed by atoms with van der Waals surface area (Å²) >= 11 is 1.57. The number of nitrogens with two attached hydrogens (primary N) is 1. The number of methoxy groups -OCH3 is 1. The maximum atomic E-state index is 15.1. The summed E-state index contributed by atoms with van der Waals surface area (Å²) < 4.78 is 59.4. The third kappa shape index (κ3) is 13.1. The van der Waals surface area contributed by atoms with Gasteiger partial charge in [0.15, 0.2) is 0 Å². The molecular formula is C48H67N6O15PS. The molecule has 2 aliphatic heterocycles. The smallest absolute Gasteiger partial charge is 0.497 e. The average Bonchev–Trinajstić information content (AvgIpc) is 4.31. The first-order valence-corrected chi connectivity index (χ1v) is 26.9. The van der Waals surface area contributed by atoms with Crippen molar-refractivity contribution in [2.24, 2.45) is 23.5 Å². The Morgan fingerprint density at radius 1 is 0.986 bits per heavy atom. The molecule has 3 heterocycles. The van der Waals surface area contributed by atoms with E-state index in [0.29, 0.717) is 28.1 Å². The van der Waals surface area contributed by atoms with Gasteiger partial charge in [-0.05, 0) is 102 Å². The summed E-state index contributed by atoms with van der Waals surface area (Å²) in [5.41, 5.74) is 7.23. The lowest BCUT2D eigenvalue weighted by Gasteiger charge is -2.35. The van der Waals surface area contributed by atoms with Crippen molar-refractivity contribution in [2.75, 3.05) is 40.5 Å². The van der Waals surface area contributed by atoms with Gasteiger partial charge in [0.1, 0.15) is 46.1 Å². The Morgan fingerprint density at radius 3 is 2.24 bits per heavy atom. The summed E-state index contributed by atoms with van der Waals surface area (Å²) in [7, 11) is -3.12. The van der Waals surface area contributed by atoms with Crippen LogP contribution in [0.2, 0.25) is 0 Å². The van der Waals surface area contributed by atoms with Crippen molar-refractivity contribution in [3.8, 4) is 11.5 Å². The predicted molar refractivity (Wildman–Crippen MR) is 259 cm³/mol. The predicted octanol–water partition coefficient (Wildman–Crippen LogP) is 6.79. The number of benzene rings is 1. The van der Waals surface area contributed by atoms with Gasteiger partial charge in [-0.3, -0.25) is 28.5 Å². The molecule has 2 unspecified atom stereocenters. The molecule has 4 saturated carbocycles. The molecule has 2 amide bonds. The molecule has 71 heavy (non-hydrogen) atoms. The Morgan fingerprint density at radius 2 is 1.65 bits per heavy atom. The van der Waals surface area contributed by atoms with Gasteiger partial charge < -0.3 is 49.7 Å². The Balaban J connectivity index is 1.06. The summed E-state index contributed by atoms with van der Waals surface area (Å²) in [4.78, 5) is 72.5. The molecule has 6 atom stereocenters. The minimum Gasteiger partial charge on any atom is -0.497 e. The Kier molecular flexibility index (Phi) is 16.8. The van der Waals surface area contributed by atoms with Crippen LogP contribution in [0.4, 0.5) is 9.59 Å².